The molecule has 0 spiro atoms. The number of rotatable bonds is 7. The number of nitrogens with zero attached hydrogens (tertiary/aromatic N) is 1. The van der Waals surface area contributed by atoms with Crippen molar-refractivity contribution in [3.63, 3.8) is 0 Å². The maximum atomic E-state index is 13.3. The van der Waals surface area contributed by atoms with Gasteiger partial charge in [-0.1, -0.05) is 36.4 Å². The van der Waals surface area contributed by atoms with E-state index in [0.29, 0.717) is 25.8 Å². The Morgan fingerprint density at radius 3 is 2.39 bits per heavy atom. The van der Waals surface area contributed by atoms with E-state index in [4.69, 9.17) is 4.74 Å². The second kappa shape index (κ2) is 8.71. The zero-order valence-corrected chi connectivity index (χ0v) is 16.0. The molecule has 1 aliphatic rings. The number of hydrogen-bond donors (Lipinski definition) is 2. The van der Waals surface area contributed by atoms with Gasteiger partial charge in [0.15, 0.2) is 0 Å². The molecule has 0 aromatic heterocycles. The first-order valence-corrected chi connectivity index (χ1v) is 9.55. The van der Waals surface area contributed by atoms with E-state index >= 15 is 0 Å². The lowest BCUT2D eigenvalue weighted by Gasteiger charge is -2.43. The topological polar surface area (TPSA) is 70.0 Å². The standard InChI is InChI=1S/C22H26FNO4/c1-16(18-5-3-17(15-26)4-6-18)24-13-12-22(11-2-14-25,28-21(24)27)19-7-9-20(23)10-8-19/h3-10,16,25-26H,2,11-15H2,1H3/t16-,22?/m0/s1. The number of aliphatic hydroxyl groups is 2. The molecule has 0 radical (unpaired) electrons. The monoisotopic (exact) mass is 387 g/mol. The number of cyclic esters (lactones) is 1. The number of hydrogen-bond acceptors (Lipinski definition) is 4. The van der Waals surface area contributed by atoms with Gasteiger partial charge in [-0.05, 0) is 48.6 Å². The van der Waals surface area contributed by atoms with Crippen LogP contribution in [-0.2, 0) is 16.9 Å². The van der Waals surface area contributed by atoms with Gasteiger partial charge in [0, 0.05) is 19.6 Å². The lowest BCUT2D eigenvalue weighted by atomic mass is 9.84. The first-order valence-electron chi connectivity index (χ1n) is 9.55. The van der Waals surface area contributed by atoms with Crippen LogP contribution in [-0.4, -0.2) is 34.4 Å². The highest BCUT2D eigenvalue weighted by molar-refractivity contribution is 5.70. The van der Waals surface area contributed by atoms with Crippen LogP contribution in [0.1, 0.15) is 48.9 Å². The quantitative estimate of drug-likeness (QED) is 0.756. The molecule has 3 rings (SSSR count). The molecule has 1 fully saturated rings. The highest BCUT2D eigenvalue weighted by Crippen LogP contribution is 2.40. The molecular formula is C22H26FNO4. The fourth-order valence-corrected chi connectivity index (χ4v) is 3.74. The number of carbonyl (C=O) groups excluding carboxylic acids is 1. The SMILES string of the molecule is C[C@@H](c1ccc(CO)cc1)N1CCC(CCCO)(c2ccc(F)cc2)OC1=O. The van der Waals surface area contributed by atoms with Crippen molar-refractivity contribution in [2.75, 3.05) is 13.2 Å². The van der Waals surface area contributed by atoms with E-state index in [1.165, 1.54) is 12.1 Å². The number of ether oxygens (including phenoxy) is 1. The minimum atomic E-state index is -0.857. The summed E-state index contributed by atoms with van der Waals surface area (Å²) in [6.07, 6.45) is 1.10. The van der Waals surface area contributed by atoms with Crippen molar-refractivity contribution >= 4 is 6.09 Å². The second-order valence-electron chi connectivity index (χ2n) is 7.22. The Labute approximate surface area is 164 Å². The Kier molecular flexibility index (Phi) is 6.31. The van der Waals surface area contributed by atoms with Gasteiger partial charge in [0.25, 0.3) is 0 Å². The third kappa shape index (κ3) is 4.18. The van der Waals surface area contributed by atoms with Crippen LogP contribution in [0.4, 0.5) is 9.18 Å². The van der Waals surface area contributed by atoms with Gasteiger partial charge in [-0.2, -0.15) is 0 Å². The number of benzene rings is 2. The maximum absolute atomic E-state index is 13.3. The molecule has 150 valence electrons. The summed E-state index contributed by atoms with van der Waals surface area (Å²) in [4.78, 5) is 14.6. The van der Waals surface area contributed by atoms with Crippen molar-refractivity contribution in [1.29, 1.82) is 0 Å². The predicted octanol–water partition coefficient (Wildman–Crippen LogP) is 3.89. The van der Waals surface area contributed by atoms with Crippen molar-refractivity contribution in [1.82, 2.24) is 4.90 Å². The van der Waals surface area contributed by atoms with Gasteiger partial charge < -0.3 is 19.8 Å². The summed E-state index contributed by atoms with van der Waals surface area (Å²) in [5.41, 5.74) is 1.66. The van der Waals surface area contributed by atoms with Gasteiger partial charge >= 0.3 is 6.09 Å². The van der Waals surface area contributed by atoms with Crippen LogP contribution >= 0.6 is 0 Å². The van der Waals surface area contributed by atoms with Crippen LogP contribution < -0.4 is 0 Å². The van der Waals surface area contributed by atoms with E-state index in [9.17, 15) is 19.4 Å². The number of halogens is 1. The normalized spacial score (nSPS) is 20.7. The summed E-state index contributed by atoms with van der Waals surface area (Å²) >= 11 is 0. The van der Waals surface area contributed by atoms with Crippen LogP contribution in [0.3, 0.4) is 0 Å². The molecule has 1 amide bonds. The van der Waals surface area contributed by atoms with Crippen molar-refractivity contribution in [3.05, 3.63) is 71.0 Å². The molecule has 0 aliphatic carbocycles. The maximum Gasteiger partial charge on any atom is 0.411 e. The van der Waals surface area contributed by atoms with Gasteiger partial charge in [-0.3, -0.25) is 0 Å². The Morgan fingerprint density at radius 1 is 1.14 bits per heavy atom. The van der Waals surface area contributed by atoms with Gasteiger partial charge in [-0.25, -0.2) is 9.18 Å². The summed E-state index contributed by atoms with van der Waals surface area (Å²) in [5, 5.41) is 18.5. The van der Waals surface area contributed by atoms with E-state index in [0.717, 1.165) is 16.7 Å². The highest BCUT2D eigenvalue weighted by Gasteiger charge is 2.43. The van der Waals surface area contributed by atoms with Gasteiger partial charge in [0.1, 0.15) is 11.4 Å². The Hall–Kier alpha value is -2.44. The Bertz CT molecular complexity index is 793. The Morgan fingerprint density at radius 2 is 1.82 bits per heavy atom. The first kappa shape index (κ1) is 20.3. The third-order valence-corrected chi connectivity index (χ3v) is 5.49. The van der Waals surface area contributed by atoms with Crippen molar-refractivity contribution in [2.24, 2.45) is 0 Å². The fraction of sp³-hybridized carbons (Fsp3) is 0.409. The number of amides is 1. The summed E-state index contributed by atoms with van der Waals surface area (Å²) in [6, 6.07) is 13.3. The Balaban J connectivity index is 1.80. The fourth-order valence-electron chi connectivity index (χ4n) is 3.74. The zero-order valence-electron chi connectivity index (χ0n) is 16.0. The minimum Gasteiger partial charge on any atom is -0.438 e. The van der Waals surface area contributed by atoms with E-state index in [2.05, 4.69) is 0 Å². The molecule has 0 bridgehead atoms. The van der Waals surface area contributed by atoms with Gasteiger partial charge in [0.05, 0.1) is 12.6 Å². The van der Waals surface area contributed by atoms with Gasteiger partial charge in [0.2, 0.25) is 0 Å². The van der Waals surface area contributed by atoms with E-state index in [1.807, 2.05) is 31.2 Å². The summed E-state index contributed by atoms with van der Waals surface area (Å²) in [7, 11) is 0. The summed E-state index contributed by atoms with van der Waals surface area (Å²) < 4.78 is 19.3. The zero-order chi connectivity index (χ0) is 20.1. The van der Waals surface area contributed by atoms with E-state index in [1.54, 1.807) is 17.0 Å². The number of aliphatic hydroxyl groups excluding tert-OH is 2. The lowest BCUT2D eigenvalue weighted by Crippen LogP contribution is -2.48. The van der Waals surface area contributed by atoms with Crippen LogP contribution in [0.15, 0.2) is 48.5 Å². The second-order valence-corrected chi connectivity index (χ2v) is 7.22. The molecular weight excluding hydrogens is 361 g/mol. The molecule has 5 nitrogen and oxygen atoms in total. The van der Waals surface area contributed by atoms with Crippen molar-refractivity contribution < 1.29 is 24.1 Å². The van der Waals surface area contributed by atoms with Crippen molar-refractivity contribution in [3.8, 4) is 0 Å². The van der Waals surface area contributed by atoms with Crippen LogP contribution in [0.2, 0.25) is 0 Å². The van der Waals surface area contributed by atoms with Crippen LogP contribution in [0.5, 0.6) is 0 Å². The highest BCUT2D eigenvalue weighted by atomic mass is 19.1. The number of carbonyl (C=O) groups is 1. The molecule has 0 saturated carbocycles. The molecule has 1 heterocycles. The van der Waals surface area contributed by atoms with Crippen LogP contribution in [0, 0.1) is 5.82 Å². The molecule has 1 unspecified atom stereocenters. The molecule has 6 heteroatoms. The molecule has 1 saturated heterocycles. The molecule has 1 aliphatic heterocycles. The average Bonchev–Trinajstić information content (AvgIpc) is 2.72. The molecule has 2 N–H and O–H groups in total. The smallest absolute Gasteiger partial charge is 0.411 e. The minimum absolute atomic E-state index is 0.00216. The third-order valence-electron chi connectivity index (χ3n) is 5.49. The first-order chi connectivity index (χ1) is 13.5. The van der Waals surface area contributed by atoms with E-state index in [-0.39, 0.29) is 25.1 Å². The summed E-state index contributed by atoms with van der Waals surface area (Å²) in [5.74, 6) is -0.343. The molecule has 28 heavy (non-hydrogen) atoms. The largest absolute Gasteiger partial charge is 0.438 e. The average molecular weight is 387 g/mol. The summed E-state index contributed by atoms with van der Waals surface area (Å²) in [6.45, 7) is 2.40. The van der Waals surface area contributed by atoms with Crippen LogP contribution in [0.25, 0.3) is 0 Å². The lowest BCUT2D eigenvalue weighted by molar-refractivity contribution is -0.0680. The molecule has 2 atom stereocenters. The molecule has 2 aromatic carbocycles. The van der Waals surface area contributed by atoms with Gasteiger partial charge in [-0.15, -0.1) is 0 Å². The molecule has 2 aromatic rings. The predicted molar refractivity (Wildman–Crippen MR) is 103 cm³/mol. The van der Waals surface area contributed by atoms with E-state index < -0.39 is 11.7 Å². The van der Waals surface area contributed by atoms with Crippen molar-refractivity contribution in [2.45, 2.75) is 44.4 Å².